The molecule has 0 spiro atoms. The molecule has 5 heteroatoms. The summed E-state index contributed by atoms with van der Waals surface area (Å²) >= 11 is 0. The number of urea groups is 1. The SMILES string of the molecule is CC(C(=O)O)N(C)C(=O)NC1CC1. The number of hydrogen-bond donors (Lipinski definition) is 2. The molecule has 2 N–H and O–H groups in total. The van der Waals surface area contributed by atoms with Gasteiger partial charge in [0, 0.05) is 13.1 Å². The number of hydrogen-bond acceptors (Lipinski definition) is 2. The summed E-state index contributed by atoms with van der Waals surface area (Å²) in [5, 5.41) is 11.3. The number of carboxylic acid groups (broad SMARTS) is 1. The molecule has 1 fully saturated rings. The number of nitrogens with zero attached hydrogens (tertiary/aromatic N) is 1. The Hall–Kier alpha value is -1.26. The molecule has 1 aliphatic carbocycles. The Balaban J connectivity index is 2.39. The van der Waals surface area contributed by atoms with Crippen LogP contribution in [0.1, 0.15) is 19.8 Å². The van der Waals surface area contributed by atoms with E-state index in [4.69, 9.17) is 5.11 Å². The smallest absolute Gasteiger partial charge is 0.326 e. The number of nitrogens with one attached hydrogen (secondary N) is 1. The van der Waals surface area contributed by atoms with E-state index in [2.05, 4.69) is 5.32 Å². The van der Waals surface area contributed by atoms with E-state index in [9.17, 15) is 9.59 Å². The molecule has 0 radical (unpaired) electrons. The van der Waals surface area contributed by atoms with Crippen LogP contribution < -0.4 is 5.32 Å². The fourth-order valence-electron chi connectivity index (χ4n) is 0.846. The van der Waals surface area contributed by atoms with Crippen molar-refractivity contribution in [1.29, 1.82) is 0 Å². The standard InChI is InChI=1S/C8H14N2O3/c1-5(7(11)12)10(2)8(13)9-6-3-4-6/h5-6H,3-4H2,1-2H3,(H,9,13)(H,11,12). The zero-order chi connectivity index (χ0) is 10.0. The van der Waals surface area contributed by atoms with Gasteiger partial charge in [0.15, 0.2) is 0 Å². The van der Waals surface area contributed by atoms with Gasteiger partial charge in [-0.15, -0.1) is 0 Å². The lowest BCUT2D eigenvalue weighted by Crippen LogP contribution is -2.46. The number of carboxylic acids is 1. The Labute approximate surface area is 76.7 Å². The van der Waals surface area contributed by atoms with Gasteiger partial charge in [0.05, 0.1) is 0 Å². The van der Waals surface area contributed by atoms with E-state index >= 15 is 0 Å². The summed E-state index contributed by atoms with van der Waals surface area (Å²) in [5.41, 5.74) is 0. The molecule has 5 nitrogen and oxygen atoms in total. The van der Waals surface area contributed by atoms with Gasteiger partial charge in [0.2, 0.25) is 0 Å². The molecule has 1 aliphatic rings. The number of aliphatic carboxylic acids is 1. The van der Waals surface area contributed by atoms with Crippen LogP contribution in [0, 0.1) is 0 Å². The van der Waals surface area contributed by atoms with Crippen molar-refractivity contribution in [3.8, 4) is 0 Å². The Morgan fingerprint density at radius 3 is 2.46 bits per heavy atom. The number of likely N-dealkylation sites (N-methyl/N-ethyl adjacent to an activating group) is 1. The van der Waals surface area contributed by atoms with Gasteiger partial charge in [-0.1, -0.05) is 0 Å². The molecule has 1 atom stereocenters. The molecule has 1 unspecified atom stereocenters. The van der Waals surface area contributed by atoms with Crippen LogP contribution in [0.4, 0.5) is 4.79 Å². The molecule has 2 amide bonds. The number of amides is 2. The first-order chi connectivity index (χ1) is 6.02. The van der Waals surface area contributed by atoms with E-state index in [0.717, 1.165) is 12.8 Å². The van der Waals surface area contributed by atoms with Crippen LogP contribution in [0.15, 0.2) is 0 Å². The number of carbonyl (C=O) groups is 2. The van der Waals surface area contributed by atoms with Crippen LogP contribution in [0.5, 0.6) is 0 Å². The van der Waals surface area contributed by atoms with Crippen molar-refractivity contribution in [2.45, 2.75) is 31.8 Å². The largest absolute Gasteiger partial charge is 0.480 e. The molecule has 1 saturated carbocycles. The summed E-state index contributed by atoms with van der Waals surface area (Å²) in [6.45, 7) is 1.48. The van der Waals surface area contributed by atoms with Gasteiger partial charge in [-0.05, 0) is 19.8 Å². The summed E-state index contributed by atoms with van der Waals surface area (Å²) in [5.74, 6) is -0.992. The lowest BCUT2D eigenvalue weighted by atomic mass is 10.3. The third-order valence-electron chi connectivity index (χ3n) is 2.16. The van der Waals surface area contributed by atoms with Crippen molar-refractivity contribution in [2.75, 3.05) is 7.05 Å². The molecular weight excluding hydrogens is 172 g/mol. The number of rotatable bonds is 3. The number of carbonyl (C=O) groups excluding carboxylic acids is 1. The van der Waals surface area contributed by atoms with Crippen LogP contribution in [0.2, 0.25) is 0 Å². The Bertz CT molecular complexity index is 225. The van der Waals surface area contributed by atoms with Gasteiger partial charge in [0.1, 0.15) is 6.04 Å². The minimum absolute atomic E-state index is 0.260. The molecule has 0 aromatic rings. The van der Waals surface area contributed by atoms with E-state index in [0.29, 0.717) is 0 Å². The van der Waals surface area contributed by atoms with E-state index in [1.54, 1.807) is 0 Å². The molecular formula is C8H14N2O3. The van der Waals surface area contributed by atoms with Gasteiger partial charge in [-0.25, -0.2) is 9.59 Å². The predicted octanol–water partition coefficient (Wildman–Crippen LogP) is 0.263. The minimum atomic E-state index is -0.992. The van der Waals surface area contributed by atoms with Crippen molar-refractivity contribution in [2.24, 2.45) is 0 Å². The highest BCUT2D eigenvalue weighted by Crippen LogP contribution is 2.18. The maximum absolute atomic E-state index is 11.3. The topological polar surface area (TPSA) is 69.6 Å². The second-order valence-corrected chi connectivity index (χ2v) is 3.35. The molecule has 0 saturated heterocycles. The average Bonchev–Trinajstić information content (AvgIpc) is 2.85. The summed E-state index contributed by atoms with van der Waals surface area (Å²) < 4.78 is 0. The molecule has 0 aromatic carbocycles. The third-order valence-corrected chi connectivity index (χ3v) is 2.16. The van der Waals surface area contributed by atoms with Crippen LogP contribution in [-0.4, -0.2) is 41.1 Å². The molecule has 0 aromatic heterocycles. The highest BCUT2D eigenvalue weighted by molar-refractivity contribution is 5.82. The molecule has 1 rings (SSSR count). The van der Waals surface area contributed by atoms with Crippen molar-refractivity contribution in [1.82, 2.24) is 10.2 Å². The van der Waals surface area contributed by atoms with Crippen LogP contribution in [-0.2, 0) is 4.79 Å². The second kappa shape index (κ2) is 3.64. The molecule has 74 valence electrons. The van der Waals surface area contributed by atoms with Crippen LogP contribution in [0.3, 0.4) is 0 Å². The van der Waals surface area contributed by atoms with Crippen LogP contribution >= 0.6 is 0 Å². The summed E-state index contributed by atoms with van der Waals surface area (Å²) in [4.78, 5) is 23.0. The Kier molecular flexibility index (Phi) is 2.75. The van der Waals surface area contributed by atoms with Crippen molar-refractivity contribution in [3.63, 3.8) is 0 Å². The van der Waals surface area contributed by atoms with Crippen molar-refractivity contribution >= 4 is 12.0 Å². The lowest BCUT2D eigenvalue weighted by molar-refractivity contribution is -0.141. The van der Waals surface area contributed by atoms with Gasteiger partial charge in [0.25, 0.3) is 0 Å². The van der Waals surface area contributed by atoms with Gasteiger partial charge >= 0.3 is 12.0 Å². The van der Waals surface area contributed by atoms with Gasteiger partial charge in [-0.2, -0.15) is 0 Å². The molecule has 0 bridgehead atoms. The quantitative estimate of drug-likeness (QED) is 0.664. The zero-order valence-electron chi connectivity index (χ0n) is 7.78. The molecule has 0 aliphatic heterocycles. The maximum atomic E-state index is 11.3. The van der Waals surface area contributed by atoms with Gasteiger partial charge in [-0.3, -0.25) is 0 Å². The first-order valence-electron chi connectivity index (χ1n) is 4.28. The monoisotopic (exact) mass is 186 g/mol. The average molecular weight is 186 g/mol. The first kappa shape index (κ1) is 9.83. The Morgan fingerprint density at radius 2 is 2.08 bits per heavy atom. The lowest BCUT2D eigenvalue weighted by Gasteiger charge is -2.21. The first-order valence-corrected chi connectivity index (χ1v) is 4.28. The maximum Gasteiger partial charge on any atom is 0.326 e. The summed E-state index contributed by atoms with van der Waals surface area (Å²) in [6.07, 6.45) is 2.00. The van der Waals surface area contributed by atoms with E-state index in [1.807, 2.05) is 0 Å². The van der Waals surface area contributed by atoms with E-state index < -0.39 is 12.0 Å². The van der Waals surface area contributed by atoms with Crippen molar-refractivity contribution in [3.05, 3.63) is 0 Å². The second-order valence-electron chi connectivity index (χ2n) is 3.35. The fourth-order valence-corrected chi connectivity index (χ4v) is 0.846. The Morgan fingerprint density at radius 1 is 1.54 bits per heavy atom. The van der Waals surface area contributed by atoms with Crippen molar-refractivity contribution < 1.29 is 14.7 Å². The molecule has 13 heavy (non-hydrogen) atoms. The van der Waals surface area contributed by atoms with E-state index in [-0.39, 0.29) is 12.1 Å². The molecule has 0 heterocycles. The predicted molar refractivity (Wildman–Crippen MR) is 46.4 cm³/mol. The normalized spacial score (nSPS) is 17.7. The minimum Gasteiger partial charge on any atom is -0.480 e. The summed E-state index contributed by atoms with van der Waals surface area (Å²) in [6, 6.07) is -0.827. The van der Waals surface area contributed by atoms with Gasteiger partial charge < -0.3 is 15.3 Å². The highest BCUT2D eigenvalue weighted by Gasteiger charge is 2.27. The third kappa shape index (κ3) is 2.61. The highest BCUT2D eigenvalue weighted by atomic mass is 16.4. The van der Waals surface area contributed by atoms with E-state index in [1.165, 1.54) is 18.9 Å². The summed E-state index contributed by atoms with van der Waals surface area (Å²) in [7, 11) is 1.48. The fraction of sp³-hybridized carbons (Fsp3) is 0.750. The van der Waals surface area contributed by atoms with Crippen LogP contribution in [0.25, 0.3) is 0 Å². The zero-order valence-corrected chi connectivity index (χ0v) is 7.78.